The Morgan fingerprint density at radius 2 is 2.33 bits per heavy atom. The predicted octanol–water partition coefficient (Wildman–Crippen LogP) is 1.01. The molecule has 0 bridgehead atoms. The Balaban J connectivity index is 1.81. The molecule has 1 fully saturated rings. The Morgan fingerprint density at radius 3 is 3.00 bits per heavy atom. The van der Waals surface area contributed by atoms with E-state index in [1.54, 1.807) is 0 Å². The summed E-state index contributed by atoms with van der Waals surface area (Å²) < 4.78 is 5.50. The molecule has 0 radical (unpaired) electrons. The topological polar surface area (TPSA) is 79.2 Å². The maximum absolute atomic E-state index is 11.6. The molecule has 0 aromatic heterocycles. The van der Waals surface area contributed by atoms with E-state index in [-0.39, 0.29) is 24.5 Å². The molecular weight excluding hydrogens is 236 g/mol. The summed E-state index contributed by atoms with van der Waals surface area (Å²) in [5.41, 5.74) is 0.0757. The van der Waals surface area contributed by atoms with Gasteiger partial charge in [0.15, 0.2) is 0 Å². The summed E-state index contributed by atoms with van der Waals surface area (Å²) >= 11 is 0. The number of nitrogens with zero attached hydrogens (tertiary/aromatic N) is 2. The Morgan fingerprint density at radius 1 is 1.50 bits per heavy atom. The Bertz CT molecular complexity index is 361. The zero-order valence-electron chi connectivity index (χ0n) is 10.3. The molecule has 1 amide bonds. The van der Waals surface area contributed by atoms with Gasteiger partial charge in [-0.05, 0) is 25.7 Å². The van der Waals surface area contributed by atoms with Crippen LogP contribution >= 0.6 is 0 Å². The summed E-state index contributed by atoms with van der Waals surface area (Å²) in [6.45, 7) is 1.31. The molecule has 18 heavy (non-hydrogen) atoms. The minimum absolute atomic E-state index is 0.0757. The summed E-state index contributed by atoms with van der Waals surface area (Å²) in [7, 11) is 0. The maximum Gasteiger partial charge on any atom is 0.352 e. The third-order valence-corrected chi connectivity index (χ3v) is 3.27. The fourth-order valence-corrected chi connectivity index (χ4v) is 2.27. The van der Waals surface area contributed by atoms with Crippen molar-refractivity contribution in [2.45, 2.75) is 44.6 Å². The van der Waals surface area contributed by atoms with E-state index in [1.807, 2.05) is 0 Å². The Kier molecular flexibility index (Phi) is 4.30. The molecule has 100 valence electrons. The van der Waals surface area contributed by atoms with Crippen LogP contribution in [0.15, 0.2) is 5.10 Å². The quantitative estimate of drug-likeness (QED) is 0.794. The van der Waals surface area contributed by atoms with Crippen molar-refractivity contribution in [3.63, 3.8) is 0 Å². The van der Waals surface area contributed by atoms with Crippen LogP contribution in [0.4, 0.5) is 0 Å². The van der Waals surface area contributed by atoms with Crippen LogP contribution in [-0.4, -0.2) is 47.0 Å². The lowest BCUT2D eigenvalue weighted by Crippen LogP contribution is -2.35. The third-order valence-electron chi connectivity index (χ3n) is 3.27. The lowest BCUT2D eigenvalue weighted by atomic mass is 10.1. The second-order valence-electron chi connectivity index (χ2n) is 4.65. The van der Waals surface area contributed by atoms with Crippen LogP contribution in [0.1, 0.15) is 38.5 Å². The lowest BCUT2D eigenvalue weighted by Gasteiger charge is -2.22. The highest BCUT2D eigenvalue weighted by atomic mass is 16.5. The standard InChI is InChI=1S/C12H18N2O4/c15-11-6-5-10(12(16)17)13-14(11)7-1-3-9-4-2-8-18-9/h9H,1-8H2,(H,16,17). The van der Waals surface area contributed by atoms with E-state index in [1.165, 1.54) is 5.01 Å². The van der Waals surface area contributed by atoms with Gasteiger partial charge in [-0.2, -0.15) is 5.10 Å². The molecule has 0 spiro atoms. The van der Waals surface area contributed by atoms with Crippen molar-refractivity contribution < 1.29 is 19.4 Å². The molecule has 1 saturated heterocycles. The zero-order chi connectivity index (χ0) is 13.0. The molecule has 0 aliphatic carbocycles. The van der Waals surface area contributed by atoms with Crippen molar-refractivity contribution in [2.24, 2.45) is 5.10 Å². The van der Waals surface area contributed by atoms with E-state index < -0.39 is 5.97 Å². The first-order valence-electron chi connectivity index (χ1n) is 6.39. The first-order valence-corrected chi connectivity index (χ1v) is 6.39. The zero-order valence-corrected chi connectivity index (χ0v) is 10.3. The smallest absolute Gasteiger partial charge is 0.352 e. The number of hydrogen-bond acceptors (Lipinski definition) is 4. The fourth-order valence-electron chi connectivity index (χ4n) is 2.27. The van der Waals surface area contributed by atoms with Crippen LogP contribution in [0.25, 0.3) is 0 Å². The summed E-state index contributed by atoms with van der Waals surface area (Å²) in [5.74, 6) is -1.13. The molecule has 2 aliphatic heterocycles. The van der Waals surface area contributed by atoms with Gasteiger partial charge in [0.25, 0.3) is 0 Å². The van der Waals surface area contributed by atoms with Crippen LogP contribution in [0.5, 0.6) is 0 Å². The largest absolute Gasteiger partial charge is 0.477 e. The van der Waals surface area contributed by atoms with E-state index in [2.05, 4.69) is 5.10 Å². The second-order valence-corrected chi connectivity index (χ2v) is 4.65. The molecule has 2 rings (SSSR count). The average Bonchev–Trinajstić information content (AvgIpc) is 2.84. The van der Waals surface area contributed by atoms with Gasteiger partial charge in [-0.3, -0.25) is 4.79 Å². The van der Waals surface area contributed by atoms with Gasteiger partial charge in [-0.15, -0.1) is 0 Å². The summed E-state index contributed by atoms with van der Waals surface area (Å²) in [4.78, 5) is 22.4. The molecule has 2 aliphatic rings. The lowest BCUT2D eigenvalue weighted by molar-refractivity contribution is -0.133. The van der Waals surface area contributed by atoms with Crippen molar-refractivity contribution in [3.8, 4) is 0 Å². The van der Waals surface area contributed by atoms with Gasteiger partial charge < -0.3 is 9.84 Å². The van der Waals surface area contributed by atoms with E-state index in [0.29, 0.717) is 12.6 Å². The van der Waals surface area contributed by atoms with Crippen LogP contribution in [-0.2, 0) is 14.3 Å². The van der Waals surface area contributed by atoms with Gasteiger partial charge >= 0.3 is 5.97 Å². The van der Waals surface area contributed by atoms with Gasteiger partial charge in [-0.1, -0.05) is 0 Å². The molecule has 6 nitrogen and oxygen atoms in total. The van der Waals surface area contributed by atoms with Crippen molar-refractivity contribution in [3.05, 3.63) is 0 Å². The number of hydrazone groups is 1. The van der Waals surface area contributed by atoms with Crippen molar-refractivity contribution in [1.29, 1.82) is 0 Å². The highest BCUT2D eigenvalue weighted by Crippen LogP contribution is 2.18. The van der Waals surface area contributed by atoms with E-state index >= 15 is 0 Å². The van der Waals surface area contributed by atoms with E-state index in [0.717, 1.165) is 32.3 Å². The van der Waals surface area contributed by atoms with Gasteiger partial charge in [-0.25, -0.2) is 9.80 Å². The van der Waals surface area contributed by atoms with Crippen molar-refractivity contribution >= 4 is 17.6 Å². The van der Waals surface area contributed by atoms with Crippen LogP contribution in [0.2, 0.25) is 0 Å². The summed E-state index contributed by atoms with van der Waals surface area (Å²) in [6, 6.07) is 0. The minimum atomic E-state index is -1.04. The highest BCUT2D eigenvalue weighted by molar-refractivity contribution is 6.36. The molecule has 1 unspecified atom stereocenters. The molecule has 2 heterocycles. The molecule has 0 saturated carbocycles. The van der Waals surface area contributed by atoms with Crippen molar-refractivity contribution in [2.75, 3.05) is 13.2 Å². The van der Waals surface area contributed by atoms with Gasteiger partial charge in [0, 0.05) is 26.0 Å². The molecule has 0 aromatic carbocycles. The number of amides is 1. The van der Waals surface area contributed by atoms with Gasteiger partial charge in [0.1, 0.15) is 5.71 Å². The predicted molar refractivity (Wildman–Crippen MR) is 64.2 cm³/mol. The fraction of sp³-hybridized carbons (Fsp3) is 0.750. The number of carboxylic acid groups (broad SMARTS) is 1. The van der Waals surface area contributed by atoms with Crippen LogP contribution in [0.3, 0.4) is 0 Å². The van der Waals surface area contributed by atoms with Crippen LogP contribution in [0, 0.1) is 0 Å². The number of aliphatic carboxylic acids is 1. The molecule has 1 N–H and O–H groups in total. The average molecular weight is 254 g/mol. The first kappa shape index (κ1) is 13.0. The first-order chi connectivity index (χ1) is 8.66. The summed E-state index contributed by atoms with van der Waals surface area (Å²) in [5, 5.41) is 14.0. The maximum atomic E-state index is 11.6. The third kappa shape index (κ3) is 3.29. The van der Waals surface area contributed by atoms with Crippen LogP contribution < -0.4 is 0 Å². The Hall–Kier alpha value is -1.43. The summed E-state index contributed by atoms with van der Waals surface area (Å²) in [6.07, 6.45) is 4.66. The molecule has 0 aromatic rings. The number of carbonyl (C=O) groups excluding carboxylic acids is 1. The molecule has 1 atom stereocenters. The normalized spacial score (nSPS) is 24.2. The van der Waals surface area contributed by atoms with Crippen molar-refractivity contribution in [1.82, 2.24) is 5.01 Å². The van der Waals surface area contributed by atoms with Gasteiger partial charge in [0.05, 0.1) is 6.10 Å². The number of ether oxygens (including phenoxy) is 1. The SMILES string of the molecule is O=C(O)C1=NN(CCCC2CCCO2)C(=O)CC1. The van der Waals surface area contributed by atoms with E-state index in [9.17, 15) is 9.59 Å². The second kappa shape index (κ2) is 5.95. The minimum Gasteiger partial charge on any atom is -0.477 e. The highest BCUT2D eigenvalue weighted by Gasteiger charge is 2.24. The van der Waals surface area contributed by atoms with Gasteiger partial charge in [0.2, 0.25) is 5.91 Å². The number of rotatable bonds is 5. The number of carboxylic acids is 1. The molecule has 6 heteroatoms. The van der Waals surface area contributed by atoms with E-state index in [4.69, 9.17) is 9.84 Å². The molecular formula is C12H18N2O4. The number of hydrogen-bond donors (Lipinski definition) is 1. The Labute approximate surface area is 106 Å². The number of carbonyl (C=O) groups is 2. The monoisotopic (exact) mass is 254 g/mol.